The van der Waals surface area contributed by atoms with E-state index in [1.165, 1.54) is 5.56 Å². The number of aryl methyl sites for hydroxylation is 3. The molecule has 1 amide bonds. The van der Waals surface area contributed by atoms with Crippen LogP contribution in [0.25, 0.3) is 11.0 Å². The molecule has 4 rings (SSSR count). The largest absolute Gasteiger partial charge is 0.332 e. The van der Waals surface area contributed by atoms with E-state index in [2.05, 4.69) is 36.1 Å². The molecular weight excluding hydrogens is 360 g/mol. The predicted octanol–water partition coefficient (Wildman–Crippen LogP) is 5.22. The van der Waals surface area contributed by atoms with Crippen molar-refractivity contribution in [3.63, 3.8) is 0 Å². The van der Waals surface area contributed by atoms with Gasteiger partial charge in [-0.1, -0.05) is 43.7 Å². The average Bonchev–Trinajstić information content (AvgIpc) is 3.07. The van der Waals surface area contributed by atoms with Gasteiger partial charge >= 0.3 is 0 Å². The van der Waals surface area contributed by atoms with Crippen LogP contribution in [0.1, 0.15) is 72.4 Å². The highest BCUT2D eigenvalue weighted by Crippen LogP contribution is 2.33. The van der Waals surface area contributed by atoms with Crippen LogP contribution in [-0.4, -0.2) is 32.1 Å². The lowest BCUT2D eigenvalue weighted by atomic mass is 9.94. The van der Waals surface area contributed by atoms with Crippen molar-refractivity contribution in [3.05, 3.63) is 58.9 Å². The van der Waals surface area contributed by atoms with Gasteiger partial charge in [0.05, 0.1) is 22.7 Å². The average molecular weight is 391 g/mol. The molecule has 1 aliphatic rings. The van der Waals surface area contributed by atoms with E-state index in [-0.39, 0.29) is 11.9 Å². The Morgan fingerprint density at radius 3 is 2.72 bits per heavy atom. The quantitative estimate of drug-likeness (QED) is 0.600. The van der Waals surface area contributed by atoms with Gasteiger partial charge in [0.15, 0.2) is 5.65 Å². The zero-order valence-corrected chi connectivity index (χ0v) is 17.7. The molecule has 0 spiro atoms. The van der Waals surface area contributed by atoms with Gasteiger partial charge < -0.3 is 4.90 Å². The first-order chi connectivity index (χ1) is 14.1. The van der Waals surface area contributed by atoms with E-state index in [1.54, 1.807) is 0 Å². The molecule has 0 bridgehead atoms. The number of piperidine rings is 1. The summed E-state index contributed by atoms with van der Waals surface area (Å²) < 4.78 is 1.98. The summed E-state index contributed by atoms with van der Waals surface area (Å²) in [7, 11) is 0. The number of rotatable bonds is 5. The Balaban J connectivity index is 1.77. The number of hydrogen-bond donors (Lipinski definition) is 0. The first-order valence-corrected chi connectivity index (χ1v) is 10.8. The fourth-order valence-electron chi connectivity index (χ4n) is 4.46. The molecule has 1 saturated heterocycles. The minimum atomic E-state index is 0.104. The van der Waals surface area contributed by atoms with Crippen LogP contribution in [0, 0.1) is 13.8 Å². The molecule has 5 heteroatoms. The first-order valence-electron chi connectivity index (χ1n) is 10.8. The highest BCUT2D eigenvalue weighted by molar-refractivity contribution is 6.06. The van der Waals surface area contributed by atoms with Gasteiger partial charge in [-0.15, -0.1) is 0 Å². The summed E-state index contributed by atoms with van der Waals surface area (Å²) in [5.41, 5.74) is 4.56. The highest BCUT2D eigenvalue weighted by Gasteiger charge is 2.30. The molecule has 3 heterocycles. The number of unbranched alkanes of at least 4 members (excludes halogenated alkanes) is 1. The van der Waals surface area contributed by atoms with Gasteiger partial charge in [-0.2, -0.15) is 5.10 Å². The summed E-state index contributed by atoms with van der Waals surface area (Å²) in [5.74, 6) is 0.104. The monoisotopic (exact) mass is 390 g/mol. The summed E-state index contributed by atoms with van der Waals surface area (Å²) in [4.78, 5) is 20.6. The number of benzene rings is 1. The third-order valence-corrected chi connectivity index (χ3v) is 5.91. The van der Waals surface area contributed by atoms with Gasteiger partial charge in [-0.25, -0.2) is 9.67 Å². The maximum atomic E-state index is 13.8. The fourth-order valence-corrected chi connectivity index (χ4v) is 4.46. The van der Waals surface area contributed by atoms with Crippen molar-refractivity contribution in [2.75, 3.05) is 6.54 Å². The number of aromatic nitrogens is 3. The van der Waals surface area contributed by atoms with E-state index in [0.29, 0.717) is 0 Å². The predicted molar refractivity (Wildman–Crippen MR) is 116 cm³/mol. The number of likely N-dealkylation sites (tertiary alicyclic amines) is 1. The third kappa shape index (κ3) is 3.78. The second-order valence-corrected chi connectivity index (χ2v) is 8.09. The summed E-state index contributed by atoms with van der Waals surface area (Å²) >= 11 is 0. The van der Waals surface area contributed by atoms with Crippen LogP contribution in [0.3, 0.4) is 0 Å². The lowest BCUT2D eigenvalue weighted by molar-refractivity contribution is 0.0613. The summed E-state index contributed by atoms with van der Waals surface area (Å²) in [6.45, 7) is 7.76. The first kappa shape index (κ1) is 19.6. The number of carbonyl (C=O) groups excluding carboxylic acids is 1. The molecule has 5 nitrogen and oxygen atoms in total. The van der Waals surface area contributed by atoms with Gasteiger partial charge in [0.1, 0.15) is 0 Å². The third-order valence-electron chi connectivity index (χ3n) is 5.91. The van der Waals surface area contributed by atoms with Gasteiger partial charge in [-0.05, 0) is 51.2 Å². The molecule has 0 radical (unpaired) electrons. The zero-order valence-electron chi connectivity index (χ0n) is 17.7. The number of carbonyl (C=O) groups is 1. The lowest BCUT2D eigenvalue weighted by Crippen LogP contribution is -2.38. The molecular formula is C24H30N4O. The zero-order chi connectivity index (χ0) is 20.4. The highest BCUT2D eigenvalue weighted by atomic mass is 16.2. The van der Waals surface area contributed by atoms with Crippen molar-refractivity contribution in [2.45, 2.75) is 65.5 Å². The Morgan fingerprint density at radius 1 is 1.17 bits per heavy atom. The van der Waals surface area contributed by atoms with E-state index in [0.717, 1.165) is 73.2 Å². The van der Waals surface area contributed by atoms with Crippen LogP contribution in [0.15, 0.2) is 36.4 Å². The molecule has 0 N–H and O–H groups in total. The normalized spacial score (nSPS) is 17.1. The van der Waals surface area contributed by atoms with Gasteiger partial charge in [0.2, 0.25) is 0 Å². The van der Waals surface area contributed by atoms with Gasteiger partial charge in [0.25, 0.3) is 5.91 Å². The van der Waals surface area contributed by atoms with Crippen molar-refractivity contribution in [3.8, 4) is 0 Å². The Kier molecular flexibility index (Phi) is 5.65. The van der Waals surface area contributed by atoms with E-state index in [9.17, 15) is 4.79 Å². The molecule has 0 saturated carbocycles. The molecule has 2 aromatic heterocycles. The standard InChI is InChI=1S/C24H30N4O/c1-4-5-15-28-23-22(18(3)26-28)20(16-17(2)25-23)24(29)27-14-10-9-13-21(27)19-11-7-6-8-12-19/h6-8,11-12,16,21H,4-5,9-10,13-15H2,1-3H3/t21-/m0/s1. The Hall–Kier alpha value is -2.69. The van der Waals surface area contributed by atoms with Crippen LogP contribution in [-0.2, 0) is 6.54 Å². The number of pyridine rings is 1. The van der Waals surface area contributed by atoms with Crippen LogP contribution in [0.5, 0.6) is 0 Å². The summed E-state index contributed by atoms with van der Waals surface area (Å²) in [6.07, 6.45) is 5.37. The minimum Gasteiger partial charge on any atom is -0.332 e. The Bertz CT molecular complexity index is 1010. The van der Waals surface area contributed by atoms with Crippen LogP contribution in [0.4, 0.5) is 0 Å². The molecule has 0 aliphatic carbocycles. The van der Waals surface area contributed by atoms with E-state index in [4.69, 9.17) is 10.1 Å². The Morgan fingerprint density at radius 2 is 1.97 bits per heavy atom. The summed E-state index contributed by atoms with van der Waals surface area (Å²) in [6, 6.07) is 12.5. The minimum absolute atomic E-state index is 0.104. The fraction of sp³-hybridized carbons (Fsp3) is 0.458. The lowest BCUT2D eigenvalue weighted by Gasteiger charge is -2.36. The number of hydrogen-bond acceptors (Lipinski definition) is 3. The van der Waals surface area contributed by atoms with Gasteiger partial charge in [0, 0.05) is 18.8 Å². The number of nitrogens with zero attached hydrogens (tertiary/aromatic N) is 4. The van der Waals surface area contributed by atoms with Crippen molar-refractivity contribution in [1.82, 2.24) is 19.7 Å². The van der Waals surface area contributed by atoms with Crippen molar-refractivity contribution in [2.24, 2.45) is 0 Å². The number of amides is 1. The maximum absolute atomic E-state index is 13.8. The molecule has 3 aromatic rings. The maximum Gasteiger partial charge on any atom is 0.255 e. The molecule has 1 atom stereocenters. The van der Waals surface area contributed by atoms with Gasteiger partial charge in [-0.3, -0.25) is 4.79 Å². The van der Waals surface area contributed by atoms with Crippen LogP contribution in [0.2, 0.25) is 0 Å². The second kappa shape index (κ2) is 8.36. The summed E-state index contributed by atoms with van der Waals surface area (Å²) in [5, 5.41) is 5.63. The smallest absolute Gasteiger partial charge is 0.255 e. The van der Waals surface area contributed by atoms with E-state index < -0.39 is 0 Å². The van der Waals surface area contributed by atoms with Crippen LogP contribution < -0.4 is 0 Å². The molecule has 152 valence electrons. The Labute approximate surface area is 172 Å². The second-order valence-electron chi connectivity index (χ2n) is 8.09. The topological polar surface area (TPSA) is 51.0 Å². The molecule has 1 aromatic carbocycles. The van der Waals surface area contributed by atoms with E-state index >= 15 is 0 Å². The van der Waals surface area contributed by atoms with Crippen molar-refractivity contribution >= 4 is 16.9 Å². The molecule has 0 unspecified atom stereocenters. The van der Waals surface area contributed by atoms with Crippen LogP contribution >= 0.6 is 0 Å². The molecule has 1 aliphatic heterocycles. The SMILES string of the molecule is CCCCn1nc(C)c2c(C(=O)N3CCCC[C@H]3c3ccccc3)cc(C)nc21. The van der Waals surface area contributed by atoms with Crippen molar-refractivity contribution in [1.29, 1.82) is 0 Å². The van der Waals surface area contributed by atoms with Crippen molar-refractivity contribution < 1.29 is 4.79 Å². The molecule has 1 fully saturated rings. The molecule has 29 heavy (non-hydrogen) atoms. The van der Waals surface area contributed by atoms with E-state index in [1.807, 2.05) is 30.7 Å². The number of fused-ring (bicyclic) bond motifs is 1.